The fourth-order valence-electron chi connectivity index (χ4n) is 2.62. The number of ether oxygens (including phenoxy) is 2. The molecule has 0 heterocycles. The molecule has 2 aromatic carbocycles. The van der Waals surface area contributed by atoms with Crippen molar-refractivity contribution in [3.63, 3.8) is 0 Å². The fourth-order valence-corrected chi connectivity index (χ4v) is 4.44. The molecule has 2 rings (SSSR count). The Morgan fingerprint density at radius 2 is 1.81 bits per heavy atom. The average molecular weight is 396 g/mol. The normalized spacial score (nSPS) is 13.9. The lowest BCUT2D eigenvalue weighted by atomic mass is 10.1. The summed E-state index contributed by atoms with van der Waals surface area (Å²) in [5, 5.41) is 0.689. The Hall–Kier alpha value is -1.37. The summed E-state index contributed by atoms with van der Waals surface area (Å²) in [7, 11) is 0.466. The van der Waals surface area contributed by atoms with Crippen molar-refractivity contribution in [3.05, 3.63) is 64.7 Å². The van der Waals surface area contributed by atoms with Crippen LogP contribution >= 0.6 is 11.6 Å². The van der Waals surface area contributed by atoms with Gasteiger partial charge in [-0.3, -0.25) is 0 Å². The van der Waals surface area contributed by atoms with Crippen molar-refractivity contribution in [1.82, 2.24) is 4.31 Å². The molecular weight excluding hydrogens is 370 g/mol. The van der Waals surface area contributed by atoms with Gasteiger partial charge in [0, 0.05) is 30.7 Å². The second-order valence-corrected chi connectivity index (χ2v) is 8.83. The molecule has 6 heteroatoms. The van der Waals surface area contributed by atoms with Crippen LogP contribution in [-0.2, 0) is 25.6 Å². The zero-order chi connectivity index (χ0) is 19.2. The number of rotatable bonds is 9. The maximum atomic E-state index is 13.5. The zero-order valence-corrected chi connectivity index (χ0v) is 17.1. The number of hydrogen-bond acceptors (Lipinski definition) is 3. The third-order valence-electron chi connectivity index (χ3n) is 4.22. The highest BCUT2D eigenvalue weighted by molar-refractivity contribution is 7.98. The maximum absolute atomic E-state index is 13.5. The minimum Gasteiger partial charge on any atom is -0.355 e. The lowest BCUT2D eigenvalue weighted by molar-refractivity contribution is -0.107. The van der Waals surface area contributed by atoms with Crippen molar-refractivity contribution >= 4 is 27.2 Å². The van der Waals surface area contributed by atoms with Crippen LogP contribution in [0.15, 0.2) is 53.4 Å². The Balaban J connectivity index is 2.25. The Morgan fingerprint density at radius 3 is 2.38 bits per heavy atom. The summed E-state index contributed by atoms with van der Waals surface area (Å²) in [4.78, 5) is 0.695. The first-order chi connectivity index (χ1) is 12.4. The van der Waals surface area contributed by atoms with Crippen molar-refractivity contribution in [3.8, 4) is 0 Å². The molecule has 0 fully saturated rings. The molecule has 0 radical (unpaired) electrons. The number of nitrogens with zero attached hydrogens (tertiary/aromatic N) is 1. The first-order valence-corrected chi connectivity index (χ1v) is 10.4. The third kappa shape index (κ3) is 5.56. The summed E-state index contributed by atoms with van der Waals surface area (Å²) in [5.74, 6) is 4.04. The van der Waals surface area contributed by atoms with Gasteiger partial charge in [-0.05, 0) is 49.0 Å². The quantitative estimate of drug-likeness (QED) is 0.478. The fraction of sp³-hybridized carbons (Fsp3) is 0.350. The Kier molecular flexibility index (Phi) is 7.68. The van der Waals surface area contributed by atoms with Crippen LogP contribution in [0.1, 0.15) is 11.1 Å². The van der Waals surface area contributed by atoms with Gasteiger partial charge in [0.25, 0.3) is 0 Å². The predicted octanol–water partition coefficient (Wildman–Crippen LogP) is 3.80. The molecule has 0 spiro atoms. The second kappa shape index (κ2) is 9.53. The summed E-state index contributed by atoms with van der Waals surface area (Å²) in [6, 6.07) is 15.3. The van der Waals surface area contributed by atoms with Gasteiger partial charge in [0.15, 0.2) is 6.29 Å². The number of methoxy groups -OCH3 is 2. The first-order valence-electron chi connectivity index (χ1n) is 8.36. The van der Waals surface area contributed by atoms with Crippen LogP contribution in [0.5, 0.6) is 0 Å². The molecule has 1 unspecified atom stereocenters. The summed E-state index contributed by atoms with van der Waals surface area (Å²) in [5.41, 5.74) is 2.19. The molecule has 0 amide bonds. The topological polar surface area (TPSA) is 38.8 Å². The summed E-state index contributed by atoms with van der Waals surface area (Å²) < 4.78 is 26.0. The molecule has 4 nitrogen and oxygen atoms in total. The van der Waals surface area contributed by atoms with E-state index in [2.05, 4.69) is 5.87 Å². The molecule has 0 aliphatic heterocycles. The van der Waals surface area contributed by atoms with Gasteiger partial charge in [0.2, 0.25) is 0 Å². The predicted molar refractivity (Wildman–Crippen MR) is 109 cm³/mol. The number of halogens is 1. The molecule has 142 valence electrons. The van der Waals surface area contributed by atoms with Crippen molar-refractivity contribution in [1.29, 1.82) is 0 Å². The van der Waals surface area contributed by atoms with E-state index in [4.69, 9.17) is 21.1 Å². The van der Waals surface area contributed by atoms with Crippen LogP contribution < -0.4 is 0 Å². The van der Waals surface area contributed by atoms with Crippen molar-refractivity contribution in [2.75, 3.05) is 27.3 Å². The average Bonchev–Trinajstić information content (AvgIpc) is 2.62. The molecule has 1 atom stereocenters. The first kappa shape index (κ1) is 20.9. The van der Waals surface area contributed by atoms with Gasteiger partial charge in [-0.25, -0.2) is 8.51 Å². The molecule has 0 aromatic heterocycles. The monoisotopic (exact) mass is 395 g/mol. The van der Waals surface area contributed by atoms with E-state index in [0.717, 1.165) is 11.1 Å². The summed E-state index contributed by atoms with van der Waals surface area (Å²) >= 11 is 6.07. The van der Waals surface area contributed by atoms with Crippen molar-refractivity contribution in [2.45, 2.75) is 24.5 Å². The van der Waals surface area contributed by atoms with Gasteiger partial charge in [-0.2, -0.15) is 0 Å². The van der Waals surface area contributed by atoms with Gasteiger partial charge in [-0.1, -0.05) is 41.4 Å². The lowest BCUT2D eigenvalue weighted by Crippen LogP contribution is -2.40. The second-order valence-electron chi connectivity index (χ2n) is 6.12. The maximum Gasteiger partial charge on any atom is 0.170 e. The lowest BCUT2D eigenvalue weighted by Gasteiger charge is -2.29. The van der Waals surface area contributed by atoms with E-state index in [0.29, 0.717) is 29.4 Å². The van der Waals surface area contributed by atoms with E-state index in [-0.39, 0.29) is 0 Å². The van der Waals surface area contributed by atoms with Gasteiger partial charge in [-0.15, -0.1) is 0 Å². The van der Waals surface area contributed by atoms with Crippen molar-refractivity contribution < 1.29 is 13.7 Å². The van der Waals surface area contributed by atoms with E-state index >= 15 is 0 Å². The smallest absolute Gasteiger partial charge is 0.170 e. The van der Waals surface area contributed by atoms with E-state index in [9.17, 15) is 4.21 Å². The molecule has 0 saturated carbocycles. The number of aryl methyl sites for hydroxylation is 1. The minimum absolute atomic E-state index is 0.351. The molecular formula is C20H26ClNO3S. The Morgan fingerprint density at radius 1 is 1.15 bits per heavy atom. The number of benzene rings is 2. The van der Waals surface area contributed by atoms with Crippen LogP contribution in [0, 0.1) is 6.92 Å². The standard InChI is InChI=1S/C20H26ClNO3S/c1-16-8-10-19(11-9-16)26(4,23)22(15-20(24-2)25-3)13-12-17-6-5-7-18(21)14-17/h5-11,14,20H,4,12-13,15H2,1-3H3. The SMILES string of the molecule is C=S(=O)(c1ccc(C)cc1)N(CCc1cccc(Cl)c1)CC(OC)OC. The van der Waals surface area contributed by atoms with E-state index in [1.165, 1.54) is 0 Å². The summed E-state index contributed by atoms with van der Waals surface area (Å²) in [6.45, 7) is 2.89. The summed E-state index contributed by atoms with van der Waals surface area (Å²) in [6.07, 6.45) is 0.210. The highest BCUT2D eigenvalue weighted by atomic mass is 35.5. The van der Waals surface area contributed by atoms with Crippen molar-refractivity contribution in [2.24, 2.45) is 0 Å². The Bertz CT molecular complexity index is 802. The molecule has 26 heavy (non-hydrogen) atoms. The molecule has 0 aliphatic rings. The zero-order valence-electron chi connectivity index (χ0n) is 15.5. The molecule has 0 bridgehead atoms. The van der Waals surface area contributed by atoms with Crippen LogP contribution in [0.4, 0.5) is 0 Å². The van der Waals surface area contributed by atoms with Gasteiger partial charge in [0.1, 0.15) is 0 Å². The van der Waals surface area contributed by atoms with Crippen LogP contribution in [0.25, 0.3) is 0 Å². The van der Waals surface area contributed by atoms with Gasteiger partial charge < -0.3 is 9.47 Å². The van der Waals surface area contributed by atoms with Crippen LogP contribution in [0.3, 0.4) is 0 Å². The molecule has 2 aromatic rings. The van der Waals surface area contributed by atoms with Gasteiger partial charge in [0.05, 0.1) is 16.3 Å². The largest absolute Gasteiger partial charge is 0.355 e. The van der Waals surface area contributed by atoms with E-state index in [1.54, 1.807) is 14.2 Å². The third-order valence-corrected chi connectivity index (χ3v) is 6.63. The molecule has 0 N–H and O–H groups in total. The number of hydrogen-bond donors (Lipinski definition) is 0. The van der Waals surface area contributed by atoms with E-state index < -0.39 is 16.0 Å². The van der Waals surface area contributed by atoms with Crippen LogP contribution in [-0.4, -0.2) is 48.0 Å². The Labute approximate surface area is 161 Å². The van der Waals surface area contributed by atoms with E-state index in [1.807, 2.05) is 59.8 Å². The minimum atomic E-state index is -2.67. The highest BCUT2D eigenvalue weighted by Gasteiger charge is 2.22. The van der Waals surface area contributed by atoms with Crippen LogP contribution in [0.2, 0.25) is 5.02 Å². The molecule has 0 saturated heterocycles. The highest BCUT2D eigenvalue weighted by Crippen LogP contribution is 2.19. The molecule has 0 aliphatic carbocycles. The van der Waals surface area contributed by atoms with Gasteiger partial charge >= 0.3 is 0 Å².